The van der Waals surface area contributed by atoms with Crippen LogP contribution in [-0.2, 0) is 4.79 Å². The van der Waals surface area contributed by atoms with Crippen LogP contribution in [0.15, 0.2) is 30.5 Å². The molecule has 0 spiro atoms. The summed E-state index contributed by atoms with van der Waals surface area (Å²) in [5.74, 6) is -1.92. The van der Waals surface area contributed by atoms with Crippen LogP contribution in [0.5, 0.6) is 0 Å². The number of carbonyl (C=O) groups is 2. The van der Waals surface area contributed by atoms with Crippen LogP contribution in [0.2, 0.25) is 0 Å². The van der Waals surface area contributed by atoms with E-state index >= 15 is 0 Å². The molecule has 2 heterocycles. The van der Waals surface area contributed by atoms with Crippen LogP contribution >= 0.6 is 0 Å². The van der Waals surface area contributed by atoms with Crippen molar-refractivity contribution in [3.8, 4) is 5.69 Å². The van der Waals surface area contributed by atoms with Crippen LogP contribution in [0.3, 0.4) is 0 Å². The zero-order valence-corrected chi connectivity index (χ0v) is 13.5. The number of nitrogens with zero attached hydrogens (tertiary/aromatic N) is 3. The van der Waals surface area contributed by atoms with E-state index in [0.717, 1.165) is 11.3 Å². The molecule has 126 valence electrons. The number of likely N-dealkylation sites (tertiary alicyclic amines) is 1. The summed E-state index contributed by atoms with van der Waals surface area (Å²) < 4.78 is 15.8. The Morgan fingerprint density at radius 3 is 2.62 bits per heavy atom. The van der Waals surface area contributed by atoms with Gasteiger partial charge in [-0.2, -0.15) is 5.10 Å². The number of rotatable bonds is 3. The second-order valence-electron chi connectivity index (χ2n) is 6.09. The minimum absolute atomic E-state index is 0.0800. The number of carboxylic acids is 1. The SMILES string of the molecule is Cc1ccccc1-n1ncc(C(=O)N2CCC(F)(C(=O)O)C2)c1C. The van der Waals surface area contributed by atoms with Gasteiger partial charge in [0.15, 0.2) is 0 Å². The van der Waals surface area contributed by atoms with E-state index in [1.165, 1.54) is 11.1 Å². The first kappa shape index (κ1) is 16.2. The number of aromatic nitrogens is 2. The summed E-state index contributed by atoms with van der Waals surface area (Å²) in [5, 5.41) is 13.2. The van der Waals surface area contributed by atoms with Gasteiger partial charge in [0, 0.05) is 13.0 Å². The van der Waals surface area contributed by atoms with E-state index in [9.17, 15) is 14.0 Å². The topological polar surface area (TPSA) is 75.4 Å². The normalized spacial score (nSPS) is 20.4. The van der Waals surface area contributed by atoms with Crippen LogP contribution in [0.1, 0.15) is 28.0 Å². The average Bonchev–Trinajstić information content (AvgIpc) is 3.12. The van der Waals surface area contributed by atoms with Gasteiger partial charge in [-0.3, -0.25) is 4.79 Å². The van der Waals surface area contributed by atoms with E-state index in [-0.39, 0.29) is 13.0 Å². The number of aryl methyl sites for hydroxylation is 1. The summed E-state index contributed by atoms with van der Waals surface area (Å²) in [4.78, 5) is 24.8. The van der Waals surface area contributed by atoms with Crippen molar-refractivity contribution in [3.63, 3.8) is 0 Å². The van der Waals surface area contributed by atoms with Crippen molar-refractivity contribution < 1.29 is 19.1 Å². The molecule has 0 bridgehead atoms. The summed E-state index contributed by atoms with van der Waals surface area (Å²) >= 11 is 0. The van der Waals surface area contributed by atoms with Crippen LogP contribution in [0.4, 0.5) is 4.39 Å². The molecule has 1 aliphatic heterocycles. The number of alkyl halides is 1. The van der Waals surface area contributed by atoms with Crippen LogP contribution < -0.4 is 0 Å². The Labute approximate surface area is 138 Å². The lowest BCUT2D eigenvalue weighted by Crippen LogP contribution is -2.39. The van der Waals surface area contributed by atoms with Crippen molar-refractivity contribution in [3.05, 3.63) is 47.3 Å². The number of hydrogen-bond acceptors (Lipinski definition) is 3. The first-order valence-electron chi connectivity index (χ1n) is 7.66. The first-order chi connectivity index (χ1) is 11.3. The third kappa shape index (κ3) is 2.55. The second-order valence-corrected chi connectivity index (χ2v) is 6.09. The van der Waals surface area contributed by atoms with E-state index in [0.29, 0.717) is 11.3 Å². The molecule has 7 heteroatoms. The number of halogens is 1. The number of amides is 1. The maximum atomic E-state index is 14.2. The summed E-state index contributed by atoms with van der Waals surface area (Å²) in [6.07, 6.45) is 1.25. The van der Waals surface area contributed by atoms with Crippen LogP contribution in [-0.4, -0.2) is 50.4 Å². The molecule has 1 aliphatic rings. The highest BCUT2D eigenvalue weighted by Gasteiger charge is 2.47. The highest BCUT2D eigenvalue weighted by atomic mass is 19.1. The molecular formula is C17H18FN3O3. The number of carboxylic acid groups (broad SMARTS) is 1. The molecule has 1 fully saturated rings. The van der Waals surface area contributed by atoms with Gasteiger partial charge in [-0.1, -0.05) is 18.2 Å². The molecule has 24 heavy (non-hydrogen) atoms. The molecule has 0 saturated carbocycles. The summed E-state index contributed by atoms with van der Waals surface area (Å²) in [6.45, 7) is 3.36. The van der Waals surface area contributed by atoms with Gasteiger partial charge in [-0.15, -0.1) is 0 Å². The Kier molecular flexibility index (Phi) is 3.87. The quantitative estimate of drug-likeness (QED) is 0.935. The number of carbonyl (C=O) groups excluding carboxylic acids is 1. The Bertz CT molecular complexity index is 817. The number of hydrogen-bond donors (Lipinski definition) is 1. The summed E-state index contributed by atoms with van der Waals surface area (Å²) in [5.41, 5.74) is 0.502. The lowest BCUT2D eigenvalue weighted by molar-refractivity contribution is -0.149. The fourth-order valence-corrected chi connectivity index (χ4v) is 2.95. The monoisotopic (exact) mass is 331 g/mol. The van der Waals surface area contributed by atoms with E-state index in [1.807, 2.05) is 31.2 Å². The van der Waals surface area contributed by atoms with Gasteiger partial charge >= 0.3 is 5.97 Å². The van der Waals surface area contributed by atoms with Crippen molar-refractivity contribution in [1.82, 2.24) is 14.7 Å². The molecular weight excluding hydrogens is 313 g/mol. The standard InChI is InChI=1S/C17H18FN3O3/c1-11-5-3-4-6-14(11)21-12(2)13(9-19-21)15(22)20-8-7-17(18,10-20)16(23)24/h3-6,9H,7-8,10H2,1-2H3,(H,23,24). The third-order valence-electron chi connectivity index (χ3n) is 4.47. The molecule has 1 N–H and O–H groups in total. The van der Waals surface area contributed by atoms with E-state index in [1.54, 1.807) is 11.6 Å². The van der Waals surface area contributed by atoms with Crippen LogP contribution in [0.25, 0.3) is 5.69 Å². The first-order valence-corrected chi connectivity index (χ1v) is 7.66. The maximum Gasteiger partial charge on any atom is 0.343 e. The molecule has 1 atom stereocenters. The predicted octanol–water partition coefficient (Wildman–Crippen LogP) is 2.13. The maximum absolute atomic E-state index is 14.2. The molecule has 1 saturated heterocycles. The molecule has 1 aromatic carbocycles. The highest BCUT2D eigenvalue weighted by Crippen LogP contribution is 2.28. The van der Waals surface area contributed by atoms with Gasteiger partial charge in [-0.25, -0.2) is 13.9 Å². The van der Waals surface area contributed by atoms with E-state index in [4.69, 9.17) is 5.11 Å². The van der Waals surface area contributed by atoms with Gasteiger partial charge in [0.25, 0.3) is 5.91 Å². The molecule has 3 rings (SSSR count). The molecule has 1 amide bonds. The van der Waals surface area contributed by atoms with E-state index in [2.05, 4.69) is 5.10 Å². The smallest absolute Gasteiger partial charge is 0.343 e. The average molecular weight is 331 g/mol. The zero-order chi connectivity index (χ0) is 17.5. The summed E-state index contributed by atoms with van der Waals surface area (Å²) in [7, 11) is 0. The lowest BCUT2D eigenvalue weighted by Gasteiger charge is -2.17. The zero-order valence-electron chi connectivity index (χ0n) is 13.5. The lowest BCUT2D eigenvalue weighted by atomic mass is 10.1. The van der Waals surface area contributed by atoms with Gasteiger partial charge in [-0.05, 0) is 25.5 Å². The van der Waals surface area contributed by atoms with E-state index < -0.39 is 24.1 Å². The second kappa shape index (κ2) is 5.74. The number of aliphatic carboxylic acids is 1. The van der Waals surface area contributed by atoms with Gasteiger partial charge in [0.05, 0.1) is 29.7 Å². The number of para-hydroxylation sites is 1. The molecule has 0 radical (unpaired) electrons. The Morgan fingerprint density at radius 2 is 2.00 bits per heavy atom. The van der Waals surface area contributed by atoms with Crippen molar-refractivity contribution in [2.24, 2.45) is 0 Å². The summed E-state index contributed by atoms with van der Waals surface area (Å²) in [6, 6.07) is 7.65. The largest absolute Gasteiger partial charge is 0.479 e. The van der Waals surface area contributed by atoms with Crippen molar-refractivity contribution in [2.75, 3.05) is 13.1 Å². The van der Waals surface area contributed by atoms with Crippen LogP contribution in [0, 0.1) is 13.8 Å². The molecule has 1 unspecified atom stereocenters. The predicted molar refractivity (Wildman–Crippen MR) is 85.0 cm³/mol. The van der Waals surface area contributed by atoms with Gasteiger partial charge in [0.2, 0.25) is 5.67 Å². The minimum atomic E-state index is -2.37. The Morgan fingerprint density at radius 1 is 1.29 bits per heavy atom. The highest BCUT2D eigenvalue weighted by molar-refractivity contribution is 5.96. The van der Waals surface area contributed by atoms with Gasteiger partial charge < -0.3 is 10.0 Å². The molecule has 6 nitrogen and oxygen atoms in total. The molecule has 2 aromatic rings. The Hall–Kier alpha value is -2.70. The minimum Gasteiger partial charge on any atom is -0.479 e. The Balaban J connectivity index is 1.88. The van der Waals surface area contributed by atoms with Crippen molar-refractivity contribution in [1.29, 1.82) is 0 Å². The fourth-order valence-electron chi connectivity index (χ4n) is 2.95. The number of benzene rings is 1. The van der Waals surface area contributed by atoms with Crippen molar-refractivity contribution >= 4 is 11.9 Å². The van der Waals surface area contributed by atoms with Gasteiger partial charge in [0.1, 0.15) is 0 Å². The van der Waals surface area contributed by atoms with Crippen molar-refractivity contribution in [2.45, 2.75) is 25.9 Å². The molecule has 1 aromatic heterocycles. The molecule has 0 aliphatic carbocycles. The fraction of sp³-hybridized carbons (Fsp3) is 0.353. The third-order valence-corrected chi connectivity index (χ3v) is 4.47.